The van der Waals surface area contributed by atoms with Crippen LogP contribution < -0.4 is 10.6 Å². The second kappa shape index (κ2) is 8.16. The Morgan fingerprint density at radius 1 is 1.07 bits per heavy atom. The van der Waals surface area contributed by atoms with Gasteiger partial charge in [0, 0.05) is 32.4 Å². The molecule has 1 saturated heterocycles. The van der Waals surface area contributed by atoms with Gasteiger partial charge in [-0.2, -0.15) is 0 Å². The number of carbonyl (C=O) groups is 2. The van der Waals surface area contributed by atoms with Gasteiger partial charge >= 0.3 is 12.0 Å². The second-order valence-corrected chi connectivity index (χ2v) is 7.66. The molecule has 8 nitrogen and oxygen atoms in total. The van der Waals surface area contributed by atoms with Gasteiger partial charge in [0.05, 0.1) is 22.6 Å². The molecule has 0 aromatic heterocycles. The van der Waals surface area contributed by atoms with Gasteiger partial charge in [-0.25, -0.2) is 9.59 Å². The fourth-order valence-electron chi connectivity index (χ4n) is 3.91. The molecule has 2 aliphatic rings. The van der Waals surface area contributed by atoms with Crippen LogP contribution in [0.25, 0.3) is 0 Å². The van der Waals surface area contributed by atoms with Crippen LogP contribution in [0.1, 0.15) is 23.7 Å². The molecular weight excluding hydrogens is 382 g/mol. The lowest BCUT2D eigenvalue weighted by Crippen LogP contribution is -2.55. The van der Waals surface area contributed by atoms with Crippen molar-refractivity contribution in [3.05, 3.63) is 54.1 Å². The predicted molar refractivity (Wildman–Crippen MR) is 117 cm³/mol. The van der Waals surface area contributed by atoms with E-state index in [9.17, 15) is 14.7 Å². The molecule has 30 heavy (non-hydrogen) atoms. The highest BCUT2D eigenvalue weighted by Gasteiger charge is 2.34. The lowest BCUT2D eigenvalue weighted by Gasteiger charge is -2.41. The fourth-order valence-corrected chi connectivity index (χ4v) is 3.91. The van der Waals surface area contributed by atoms with E-state index < -0.39 is 11.6 Å². The van der Waals surface area contributed by atoms with Gasteiger partial charge in [-0.1, -0.05) is 24.3 Å². The number of aromatic carboxylic acids is 1. The molecule has 3 N–H and O–H groups in total. The van der Waals surface area contributed by atoms with E-state index in [4.69, 9.17) is 0 Å². The Hall–Kier alpha value is -3.39. The van der Waals surface area contributed by atoms with Gasteiger partial charge in [-0.15, -0.1) is 0 Å². The zero-order valence-corrected chi connectivity index (χ0v) is 16.8. The van der Waals surface area contributed by atoms with E-state index in [1.165, 1.54) is 6.07 Å². The summed E-state index contributed by atoms with van der Waals surface area (Å²) in [4.78, 5) is 32.8. The summed E-state index contributed by atoms with van der Waals surface area (Å²) in [7, 11) is 0. The molecule has 2 aromatic carbocycles. The molecule has 2 amide bonds. The first-order chi connectivity index (χ1) is 14.5. The normalized spacial score (nSPS) is 21.3. The first-order valence-corrected chi connectivity index (χ1v) is 10.0. The molecule has 2 heterocycles. The molecule has 0 bridgehead atoms. The SMILES string of the molecule is CC1(N2CCCN(C(=O)Nc3ccccc3C(=O)O)CC2)C=Nc2ccccc2N1. The van der Waals surface area contributed by atoms with Gasteiger partial charge in [-0.05, 0) is 37.6 Å². The standard InChI is InChI=1S/C22H25N5O3/c1-22(15-23-18-9-4-5-10-19(18)25-22)27-12-6-11-26(13-14-27)21(30)24-17-8-3-2-7-16(17)20(28)29/h2-5,7-10,15,25H,6,11-14H2,1H3,(H,24,30)(H,28,29). The van der Waals surface area contributed by atoms with E-state index >= 15 is 0 Å². The van der Waals surface area contributed by atoms with E-state index in [1.54, 1.807) is 23.1 Å². The van der Waals surface area contributed by atoms with Gasteiger partial charge in [0.2, 0.25) is 0 Å². The summed E-state index contributed by atoms with van der Waals surface area (Å²) >= 11 is 0. The maximum absolute atomic E-state index is 12.8. The number of carboxylic acids is 1. The summed E-state index contributed by atoms with van der Waals surface area (Å²) in [5, 5.41) is 15.6. The van der Waals surface area contributed by atoms with Crippen molar-refractivity contribution in [3.8, 4) is 0 Å². The molecule has 1 fully saturated rings. The maximum atomic E-state index is 12.8. The third kappa shape index (κ3) is 3.99. The lowest BCUT2D eigenvalue weighted by atomic mass is 10.1. The molecule has 0 spiro atoms. The number of hydrogen-bond acceptors (Lipinski definition) is 5. The number of benzene rings is 2. The zero-order chi connectivity index (χ0) is 21.1. The van der Waals surface area contributed by atoms with Crippen LogP contribution >= 0.6 is 0 Å². The summed E-state index contributed by atoms with van der Waals surface area (Å²) in [6.45, 7) is 4.71. The quantitative estimate of drug-likeness (QED) is 0.724. The van der Waals surface area contributed by atoms with Crippen molar-refractivity contribution < 1.29 is 14.7 Å². The summed E-state index contributed by atoms with van der Waals surface area (Å²) in [5.41, 5.74) is 1.86. The molecule has 156 valence electrons. The van der Waals surface area contributed by atoms with E-state index in [0.717, 1.165) is 24.3 Å². The number of amides is 2. The van der Waals surface area contributed by atoms with Crippen molar-refractivity contribution in [2.75, 3.05) is 36.8 Å². The highest BCUT2D eigenvalue weighted by atomic mass is 16.4. The Bertz CT molecular complexity index is 992. The highest BCUT2D eigenvalue weighted by Crippen LogP contribution is 2.32. The summed E-state index contributed by atoms with van der Waals surface area (Å²) in [6, 6.07) is 14.1. The minimum Gasteiger partial charge on any atom is -0.478 e. The van der Waals surface area contributed by atoms with Crippen LogP contribution in [-0.2, 0) is 0 Å². The number of urea groups is 1. The van der Waals surface area contributed by atoms with Gasteiger partial charge in [0.15, 0.2) is 0 Å². The van der Waals surface area contributed by atoms with Crippen LogP contribution in [0.15, 0.2) is 53.5 Å². The Morgan fingerprint density at radius 3 is 2.67 bits per heavy atom. The van der Waals surface area contributed by atoms with Crippen molar-refractivity contribution in [1.29, 1.82) is 0 Å². The van der Waals surface area contributed by atoms with Crippen LogP contribution in [0.3, 0.4) is 0 Å². The number of nitrogens with one attached hydrogen (secondary N) is 2. The fraction of sp³-hybridized carbons (Fsp3) is 0.318. The molecule has 0 aliphatic carbocycles. The van der Waals surface area contributed by atoms with Gasteiger partial charge in [0.25, 0.3) is 0 Å². The van der Waals surface area contributed by atoms with E-state index in [-0.39, 0.29) is 11.6 Å². The molecule has 1 atom stereocenters. The predicted octanol–water partition coefficient (Wildman–Crippen LogP) is 3.47. The third-order valence-electron chi connectivity index (χ3n) is 5.59. The summed E-state index contributed by atoms with van der Waals surface area (Å²) in [5.74, 6) is -1.07. The number of carboxylic acid groups (broad SMARTS) is 1. The van der Waals surface area contributed by atoms with E-state index in [1.807, 2.05) is 30.5 Å². The molecule has 0 radical (unpaired) electrons. The summed E-state index contributed by atoms with van der Waals surface area (Å²) < 4.78 is 0. The third-order valence-corrected chi connectivity index (χ3v) is 5.59. The van der Waals surface area contributed by atoms with Crippen molar-refractivity contribution in [1.82, 2.24) is 9.80 Å². The van der Waals surface area contributed by atoms with Crippen LogP contribution in [0, 0.1) is 0 Å². The lowest BCUT2D eigenvalue weighted by molar-refractivity contribution is 0.0698. The highest BCUT2D eigenvalue weighted by molar-refractivity contribution is 6.00. The first-order valence-electron chi connectivity index (χ1n) is 10.0. The number of rotatable bonds is 3. The minimum atomic E-state index is -1.07. The maximum Gasteiger partial charge on any atom is 0.337 e. The minimum absolute atomic E-state index is 0.0797. The molecule has 1 unspecified atom stereocenters. The van der Waals surface area contributed by atoms with Crippen molar-refractivity contribution >= 4 is 35.3 Å². The number of fused-ring (bicyclic) bond motifs is 1. The number of hydrogen-bond donors (Lipinski definition) is 3. The van der Waals surface area contributed by atoms with Crippen molar-refractivity contribution in [3.63, 3.8) is 0 Å². The topological polar surface area (TPSA) is 97.3 Å². The van der Waals surface area contributed by atoms with Crippen molar-refractivity contribution in [2.45, 2.75) is 19.0 Å². The summed E-state index contributed by atoms with van der Waals surface area (Å²) in [6.07, 6.45) is 2.73. The molecule has 2 aromatic rings. The molecular formula is C22H25N5O3. The Morgan fingerprint density at radius 2 is 1.83 bits per heavy atom. The van der Waals surface area contributed by atoms with E-state index in [0.29, 0.717) is 25.3 Å². The smallest absolute Gasteiger partial charge is 0.337 e. The molecule has 2 aliphatic heterocycles. The zero-order valence-electron chi connectivity index (χ0n) is 16.8. The Kier molecular flexibility index (Phi) is 5.41. The number of carbonyl (C=O) groups excluding carboxylic acids is 1. The Labute approximate surface area is 175 Å². The number of nitrogens with zero attached hydrogens (tertiary/aromatic N) is 3. The van der Waals surface area contributed by atoms with Gasteiger partial charge in [0.1, 0.15) is 5.66 Å². The van der Waals surface area contributed by atoms with Crippen LogP contribution in [0.5, 0.6) is 0 Å². The average Bonchev–Trinajstić information content (AvgIpc) is 3.01. The molecule has 8 heteroatoms. The van der Waals surface area contributed by atoms with Crippen LogP contribution in [-0.4, -0.2) is 65.0 Å². The van der Waals surface area contributed by atoms with Crippen molar-refractivity contribution in [2.24, 2.45) is 4.99 Å². The van der Waals surface area contributed by atoms with Gasteiger partial charge in [-0.3, -0.25) is 9.89 Å². The van der Waals surface area contributed by atoms with Gasteiger partial charge < -0.3 is 20.6 Å². The van der Waals surface area contributed by atoms with E-state index in [2.05, 4.69) is 27.4 Å². The second-order valence-electron chi connectivity index (χ2n) is 7.66. The first kappa shape index (κ1) is 19.9. The average molecular weight is 407 g/mol. The number of anilines is 2. The van der Waals surface area contributed by atoms with Crippen LogP contribution in [0.2, 0.25) is 0 Å². The molecule has 0 saturated carbocycles. The largest absolute Gasteiger partial charge is 0.478 e. The molecule has 4 rings (SSSR count). The monoisotopic (exact) mass is 407 g/mol. The Balaban J connectivity index is 1.42. The number of aliphatic imine (C=N–C) groups is 1. The number of para-hydroxylation sites is 3. The van der Waals surface area contributed by atoms with Crippen LogP contribution in [0.4, 0.5) is 21.9 Å².